The molecule has 0 unspecified atom stereocenters. The SMILES string of the molecule is O=[N+]([O-])c1ccc2c(c1)C/C=C/C=C\C=C\2. The van der Waals surface area contributed by atoms with E-state index in [-0.39, 0.29) is 10.6 Å². The van der Waals surface area contributed by atoms with Crippen molar-refractivity contribution in [2.75, 3.05) is 0 Å². The van der Waals surface area contributed by atoms with E-state index in [1.54, 1.807) is 12.1 Å². The van der Waals surface area contributed by atoms with E-state index < -0.39 is 0 Å². The molecule has 1 aromatic carbocycles. The maximum atomic E-state index is 10.7. The molecule has 1 aliphatic rings. The number of allylic oxidation sites excluding steroid dienone is 5. The van der Waals surface area contributed by atoms with Crippen LogP contribution in [0.1, 0.15) is 11.1 Å². The third kappa shape index (κ3) is 2.25. The van der Waals surface area contributed by atoms with Crippen molar-refractivity contribution in [2.45, 2.75) is 6.42 Å². The number of nitro benzene ring substituents is 1. The van der Waals surface area contributed by atoms with E-state index in [1.165, 1.54) is 6.07 Å². The Bertz CT molecular complexity index is 499. The van der Waals surface area contributed by atoms with Gasteiger partial charge in [0, 0.05) is 12.1 Å². The Morgan fingerprint density at radius 1 is 1.12 bits per heavy atom. The fraction of sp³-hybridized carbons (Fsp3) is 0.0769. The first-order valence-electron chi connectivity index (χ1n) is 5.04. The molecule has 0 radical (unpaired) electrons. The Kier molecular flexibility index (Phi) is 2.96. The summed E-state index contributed by atoms with van der Waals surface area (Å²) in [6, 6.07) is 4.96. The summed E-state index contributed by atoms with van der Waals surface area (Å²) in [7, 11) is 0. The van der Waals surface area contributed by atoms with Gasteiger partial charge in [-0.05, 0) is 23.6 Å². The van der Waals surface area contributed by atoms with Gasteiger partial charge in [-0.15, -0.1) is 0 Å². The average molecular weight is 213 g/mol. The standard InChI is InChI=1S/C13H11NO2/c15-14(16)13-9-8-11-6-4-2-1-3-5-7-12(11)10-13/h1-6,8-10H,7H2/b2-1-,5-3+,6-4+. The fourth-order valence-corrected chi connectivity index (χ4v) is 1.61. The minimum Gasteiger partial charge on any atom is -0.258 e. The number of nitro groups is 1. The molecule has 16 heavy (non-hydrogen) atoms. The molecule has 1 aromatic rings. The van der Waals surface area contributed by atoms with Gasteiger partial charge in [0.05, 0.1) is 4.92 Å². The van der Waals surface area contributed by atoms with Crippen LogP contribution in [0, 0.1) is 10.1 Å². The predicted molar refractivity (Wildman–Crippen MR) is 64.1 cm³/mol. The van der Waals surface area contributed by atoms with Gasteiger partial charge in [-0.25, -0.2) is 0 Å². The molecule has 0 bridgehead atoms. The van der Waals surface area contributed by atoms with E-state index in [0.717, 1.165) is 11.1 Å². The summed E-state index contributed by atoms with van der Waals surface area (Å²) >= 11 is 0. The van der Waals surface area contributed by atoms with E-state index >= 15 is 0 Å². The minimum atomic E-state index is -0.362. The van der Waals surface area contributed by atoms with Crippen LogP contribution in [-0.2, 0) is 6.42 Å². The van der Waals surface area contributed by atoms with Crippen LogP contribution in [0.2, 0.25) is 0 Å². The number of rotatable bonds is 1. The molecule has 0 saturated carbocycles. The Balaban J connectivity index is 2.46. The van der Waals surface area contributed by atoms with E-state index in [0.29, 0.717) is 6.42 Å². The molecule has 80 valence electrons. The van der Waals surface area contributed by atoms with Crippen molar-refractivity contribution >= 4 is 11.8 Å². The first kappa shape index (κ1) is 10.4. The molecule has 1 aliphatic carbocycles. The fourth-order valence-electron chi connectivity index (χ4n) is 1.61. The number of hydrogen-bond donors (Lipinski definition) is 0. The summed E-state index contributed by atoms with van der Waals surface area (Å²) in [5, 5.41) is 10.7. The number of non-ortho nitro benzene ring substituents is 1. The maximum absolute atomic E-state index is 10.7. The van der Waals surface area contributed by atoms with Gasteiger partial charge in [0.2, 0.25) is 0 Å². The number of fused-ring (bicyclic) bond motifs is 1. The Labute approximate surface area is 93.6 Å². The van der Waals surface area contributed by atoms with E-state index in [9.17, 15) is 10.1 Å². The largest absolute Gasteiger partial charge is 0.269 e. The van der Waals surface area contributed by atoms with Crippen molar-refractivity contribution < 1.29 is 4.92 Å². The molecule has 3 heteroatoms. The molecule has 0 N–H and O–H groups in total. The first-order valence-corrected chi connectivity index (χ1v) is 5.04. The quantitative estimate of drug-likeness (QED) is 0.530. The smallest absolute Gasteiger partial charge is 0.258 e. The van der Waals surface area contributed by atoms with Crippen molar-refractivity contribution in [2.24, 2.45) is 0 Å². The van der Waals surface area contributed by atoms with Gasteiger partial charge >= 0.3 is 0 Å². The second-order valence-corrected chi connectivity index (χ2v) is 3.52. The summed E-state index contributed by atoms with van der Waals surface area (Å²) in [6.45, 7) is 0. The van der Waals surface area contributed by atoms with Crippen LogP contribution in [0.25, 0.3) is 6.08 Å². The van der Waals surface area contributed by atoms with Crippen molar-refractivity contribution in [3.63, 3.8) is 0 Å². The second kappa shape index (κ2) is 4.57. The van der Waals surface area contributed by atoms with Gasteiger partial charge in [-0.1, -0.05) is 36.5 Å². The van der Waals surface area contributed by atoms with Gasteiger partial charge in [0.15, 0.2) is 0 Å². The zero-order chi connectivity index (χ0) is 11.4. The van der Waals surface area contributed by atoms with Crippen molar-refractivity contribution in [1.29, 1.82) is 0 Å². The van der Waals surface area contributed by atoms with Crippen LogP contribution in [0.3, 0.4) is 0 Å². The molecular weight excluding hydrogens is 202 g/mol. The summed E-state index contributed by atoms with van der Waals surface area (Å²) < 4.78 is 0. The second-order valence-electron chi connectivity index (χ2n) is 3.52. The van der Waals surface area contributed by atoms with Crippen LogP contribution >= 0.6 is 0 Å². The maximum Gasteiger partial charge on any atom is 0.269 e. The summed E-state index contributed by atoms with van der Waals surface area (Å²) in [4.78, 5) is 10.3. The number of nitrogens with zero attached hydrogens (tertiary/aromatic N) is 1. The Morgan fingerprint density at radius 3 is 2.75 bits per heavy atom. The van der Waals surface area contributed by atoms with E-state index in [4.69, 9.17) is 0 Å². The van der Waals surface area contributed by atoms with Crippen molar-refractivity contribution in [1.82, 2.24) is 0 Å². The lowest BCUT2D eigenvalue weighted by Gasteiger charge is -2.02. The predicted octanol–water partition coefficient (Wildman–Crippen LogP) is 3.28. The van der Waals surface area contributed by atoms with Gasteiger partial charge in [-0.3, -0.25) is 10.1 Å². The molecule has 0 spiro atoms. The highest BCUT2D eigenvalue weighted by Crippen LogP contribution is 2.20. The van der Waals surface area contributed by atoms with Gasteiger partial charge < -0.3 is 0 Å². The van der Waals surface area contributed by atoms with Crippen molar-refractivity contribution in [3.8, 4) is 0 Å². The van der Waals surface area contributed by atoms with Crippen LogP contribution in [0.15, 0.2) is 48.6 Å². The molecule has 2 rings (SSSR count). The topological polar surface area (TPSA) is 43.1 Å². The van der Waals surface area contributed by atoms with Crippen LogP contribution in [-0.4, -0.2) is 4.92 Å². The number of hydrogen-bond acceptors (Lipinski definition) is 2. The van der Waals surface area contributed by atoms with Crippen molar-refractivity contribution in [3.05, 3.63) is 69.8 Å². The zero-order valence-corrected chi connectivity index (χ0v) is 8.67. The third-order valence-electron chi connectivity index (χ3n) is 2.42. The molecule has 0 aromatic heterocycles. The van der Waals surface area contributed by atoms with Crippen LogP contribution < -0.4 is 0 Å². The normalized spacial score (nSPS) is 19.8. The van der Waals surface area contributed by atoms with Crippen LogP contribution in [0.4, 0.5) is 5.69 Å². The highest BCUT2D eigenvalue weighted by molar-refractivity contribution is 5.59. The number of benzene rings is 1. The van der Waals surface area contributed by atoms with Gasteiger partial charge in [0.1, 0.15) is 0 Å². The monoisotopic (exact) mass is 213 g/mol. The van der Waals surface area contributed by atoms with E-state index in [2.05, 4.69) is 0 Å². The average Bonchev–Trinajstić information content (AvgIpc) is 2.39. The molecule has 0 heterocycles. The molecular formula is C13H11NO2. The minimum absolute atomic E-state index is 0.146. The first-order chi connectivity index (χ1) is 7.77. The molecule has 0 amide bonds. The van der Waals surface area contributed by atoms with Gasteiger partial charge in [0.25, 0.3) is 5.69 Å². The summed E-state index contributed by atoms with van der Waals surface area (Å²) in [6.07, 6.45) is 12.4. The Morgan fingerprint density at radius 2 is 1.94 bits per heavy atom. The zero-order valence-electron chi connectivity index (χ0n) is 8.67. The lowest BCUT2D eigenvalue weighted by molar-refractivity contribution is -0.384. The molecule has 3 nitrogen and oxygen atoms in total. The summed E-state index contributed by atoms with van der Waals surface area (Å²) in [5.74, 6) is 0. The lowest BCUT2D eigenvalue weighted by atomic mass is 10.0. The van der Waals surface area contributed by atoms with Crippen LogP contribution in [0.5, 0.6) is 0 Å². The van der Waals surface area contributed by atoms with E-state index in [1.807, 2.05) is 36.5 Å². The Hall–Kier alpha value is -2.16. The molecule has 0 saturated heterocycles. The lowest BCUT2D eigenvalue weighted by Crippen LogP contribution is -1.92. The molecule has 0 atom stereocenters. The molecule has 0 fully saturated rings. The third-order valence-corrected chi connectivity index (χ3v) is 2.42. The highest BCUT2D eigenvalue weighted by Gasteiger charge is 2.08. The highest BCUT2D eigenvalue weighted by atomic mass is 16.6. The van der Waals surface area contributed by atoms with Gasteiger partial charge in [-0.2, -0.15) is 0 Å². The summed E-state index contributed by atoms with van der Waals surface area (Å²) in [5.41, 5.74) is 2.15. The molecule has 0 aliphatic heterocycles.